The quantitative estimate of drug-likeness (QED) is 0.469. The number of ether oxygens (including phenoxy) is 2. The Kier molecular flexibility index (Phi) is 8.62. The van der Waals surface area contributed by atoms with Crippen molar-refractivity contribution in [2.45, 2.75) is 39.0 Å². The number of fused-ring (bicyclic) bond motifs is 1. The molecule has 0 fully saturated rings. The monoisotopic (exact) mass is 462 g/mol. The van der Waals surface area contributed by atoms with Gasteiger partial charge in [0, 0.05) is 6.42 Å². The summed E-state index contributed by atoms with van der Waals surface area (Å²) in [6.07, 6.45) is -0.454. The number of carbonyl (C=O) groups is 3. The largest absolute Gasteiger partial charge is 0.467 e. The molecule has 178 valence electrons. The Morgan fingerprint density at radius 3 is 2.24 bits per heavy atom. The lowest BCUT2D eigenvalue weighted by Crippen LogP contribution is -2.54. The van der Waals surface area contributed by atoms with Gasteiger partial charge in [-0.3, -0.25) is 4.79 Å². The molecule has 3 aromatic carbocycles. The molecule has 3 aromatic rings. The van der Waals surface area contributed by atoms with Gasteiger partial charge in [0.25, 0.3) is 0 Å². The van der Waals surface area contributed by atoms with Gasteiger partial charge in [-0.25, -0.2) is 9.59 Å². The summed E-state index contributed by atoms with van der Waals surface area (Å²) < 4.78 is 10.2. The highest BCUT2D eigenvalue weighted by molar-refractivity contribution is 5.91. The molecular formula is C27H30N2O5. The summed E-state index contributed by atoms with van der Waals surface area (Å²) in [5.74, 6) is -1.28. The van der Waals surface area contributed by atoms with Gasteiger partial charge in [0.2, 0.25) is 5.91 Å². The maximum atomic E-state index is 13.1. The minimum atomic E-state index is -0.910. The number of benzene rings is 3. The van der Waals surface area contributed by atoms with Crippen molar-refractivity contribution < 1.29 is 23.9 Å². The predicted octanol–water partition coefficient (Wildman–Crippen LogP) is 3.99. The van der Waals surface area contributed by atoms with Crippen LogP contribution in [0.2, 0.25) is 0 Å². The van der Waals surface area contributed by atoms with Crippen molar-refractivity contribution in [2.75, 3.05) is 7.11 Å². The van der Waals surface area contributed by atoms with Crippen molar-refractivity contribution in [1.82, 2.24) is 10.6 Å². The number of carbonyl (C=O) groups excluding carboxylic acids is 3. The third-order valence-electron chi connectivity index (χ3n) is 5.54. The second kappa shape index (κ2) is 11.8. The smallest absolute Gasteiger partial charge is 0.408 e. The highest BCUT2D eigenvalue weighted by Crippen LogP contribution is 2.20. The maximum Gasteiger partial charge on any atom is 0.408 e. The fourth-order valence-electron chi connectivity index (χ4n) is 3.71. The molecule has 0 aliphatic heterocycles. The number of hydrogen-bond acceptors (Lipinski definition) is 5. The van der Waals surface area contributed by atoms with E-state index in [1.54, 1.807) is 13.8 Å². The molecule has 0 saturated heterocycles. The van der Waals surface area contributed by atoms with E-state index in [2.05, 4.69) is 10.6 Å². The summed E-state index contributed by atoms with van der Waals surface area (Å²) in [5.41, 5.74) is 1.74. The number of hydrogen-bond donors (Lipinski definition) is 2. The Morgan fingerprint density at radius 2 is 1.53 bits per heavy atom. The lowest BCUT2D eigenvalue weighted by atomic mass is 9.98. The third-order valence-corrected chi connectivity index (χ3v) is 5.54. The summed E-state index contributed by atoms with van der Waals surface area (Å²) in [6.45, 7) is 3.70. The number of amides is 2. The molecule has 0 unspecified atom stereocenters. The molecular weight excluding hydrogens is 432 g/mol. The van der Waals surface area contributed by atoms with Crippen molar-refractivity contribution in [3.05, 3.63) is 83.9 Å². The molecule has 0 bridgehead atoms. The average molecular weight is 463 g/mol. The molecule has 0 aliphatic carbocycles. The predicted molar refractivity (Wildman–Crippen MR) is 130 cm³/mol. The van der Waals surface area contributed by atoms with Crippen molar-refractivity contribution >= 4 is 28.7 Å². The van der Waals surface area contributed by atoms with Crippen LogP contribution in [0.4, 0.5) is 4.79 Å². The minimum absolute atomic E-state index is 0.0883. The zero-order chi connectivity index (χ0) is 24.5. The van der Waals surface area contributed by atoms with E-state index < -0.39 is 30.1 Å². The molecule has 34 heavy (non-hydrogen) atoms. The molecule has 0 spiro atoms. The fourth-order valence-corrected chi connectivity index (χ4v) is 3.71. The Morgan fingerprint density at radius 1 is 0.853 bits per heavy atom. The lowest BCUT2D eigenvalue weighted by Gasteiger charge is -2.24. The van der Waals surface area contributed by atoms with Gasteiger partial charge < -0.3 is 20.1 Å². The fraction of sp³-hybridized carbons (Fsp3) is 0.296. The van der Waals surface area contributed by atoms with Crippen LogP contribution in [0.5, 0.6) is 0 Å². The van der Waals surface area contributed by atoms with Gasteiger partial charge in [-0.05, 0) is 27.8 Å². The minimum Gasteiger partial charge on any atom is -0.467 e. The van der Waals surface area contributed by atoms with E-state index in [-0.39, 0.29) is 18.9 Å². The normalized spacial score (nSPS) is 12.6. The molecule has 3 rings (SSSR count). The third kappa shape index (κ3) is 6.57. The van der Waals surface area contributed by atoms with E-state index in [9.17, 15) is 14.4 Å². The lowest BCUT2D eigenvalue weighted by molar-refractivity contribution is -0.145. The van der Waals surface area contributed by atoms with Gasteiger partial charge in [-0.1, -0.05) is 86.6 Å². The van der Waals surface area contributed by atoms with Crippen LogP contribution < -0.4 is 10.6 Å². The standard InChI is InChI=1S/C27H30N2O5/c1-18(2)24(29-27(32)34-17-19-10-5-4-6-11-19)25(30)28-23(26(31)33-3)16-21-14-9-13-20-12-7-8-15-22(20)21/h4-15,18,23-24H,16-17H2,1-3H3,(H,28,30)(H,29,32)/t23-,24+/m1/s1. The van der Waals surface area contributed by atoms with E-state index in [1.165, 1.54) is 7.11 Å². The van der Waals surface area contributed by atoms with Crippen molar-refractivity contribution in [2.24, 2.45) is 5.92 Å². The molecule has 7 heteroatoms. The maximum absolute atomic E-state index is 13.1. The first-order valence-electron chi connectivity index (χ1n) is 11.2. The van der Waals surface area contributed by atoms with Crippen LogP contribution >= 0.6 is 0 Å². The Bertz CT molecular complexity index is 1120. The number of alkyl carbamates (subject to hydrolysis) is 1. The summed E-state index contributed by atoms with van der Waals surface area (Å²) in [7, 11) is 1.28. The first kappa shape index (κ1) is 24.8. The van der Waals surface area contributed by atoms with Crippen LogP contribution in [-0.2, 0) is 32.1 Å². The zero-order valence-corrected chi connectivity index (χ0v) is 19.6. The molecule has 0 radical (unpaired) electrons. The van der Waals surface area contributed by atoms with Crippen molar-refractivity contribution in [1.29, 1.82) is 0 Å². The molecule has 0 aromatic heterocycles. The highest BCUT2D eigenvalue weighted by Gasteiger charge is 2.30. The first-order chi connectivity index (χ1) is 16.4. The molecule has 7 nitrogen and oxygen atoms in total. The van der Waals surface area contributed by atoms with E-state index in [4.69, 9.17) is 9.47 Å². The van der Waals surface area contributed by atoms with Gasteiger partial charge in [-0.2, -0.15) is 0 Å². The number of esters is 1. The van der Waals surface area contributed by atoms with Crippen LogP contribution in [0.1, 0.15) is 25.0 Å². The molecule has 2 atom stereocenters. The van der Waals surface area contributed by atoms with Crippen LogP contribution in [0.25, 0.3) is 10.8 Å². The van der Waals surface area contributed by atoms with Gasteiger partial charge in [0.1, 0.15) is 18.7 Å². The molecule has 0 aliphatic rings. The van der Waals surface area contributed by atoms with E-state index in [0.717, 1.165) is 21.9 Å². The summed E-state index contributed by atoms with van der Waals surface area (Å²) in [6, 6.07) is 21.1. The van der Waals surface area contributed by atoms with E-state index >= 15 is 0 Å². The highest BCUT2D eigenvalue weighted by atomic mass is 16.5. The van der Waals surface area contributed by atoms with Crippen LogP contribution in [0.3, 0.4) is 0 Å². The molecule has 0 saturated carbocycles. The molecule has 0 heterocycles. The van der Waals surface area contributed by atoms with Crippen LogP contribution in [0.15, 0.2) is 72.8 Å². The van der Waals surface area contributed by atoms with Gasteiger partial charge >= 0.3 is 12.1 Å². The van der Waals surface area contributed by atoms with Crippen molar-refractivity contribution in [3.63, 3.8) is 0 Å². The number of nitrogens with one attached hydrogen (secondary N) is 2. The second-order valence-corrected chi connectivity index (χ2v) is 8.35. The van der Waals surface area contributed by atoms with Gasteiger partial charge in [0.15, 0.2) is 0 Å². The van der Waals surface area contributed by atoms with Crippen LogP contribution in [0, 0.1) is 5.92 Å². The van der Waals surface area contributed by atoms with Crippen LogP contribution in [-0.4, -0.2) is 37.2 Å². The second-order valence-electron chi connectivity index (χ2n) is 8.35. The number of rotatable bonds is 9. The van der Waals surface area contributed by atoms with E-state index in [0.29, 0.717) is 0 Å². The Balaban J connectivity index is 1.69. The zero-order valence-electron chi connectivity index (χ0n) is 19.6. The Hall–Kier alpha value is -3.87. The van der Waals surface area contributed by atoms with E-state index in [1.807, 2.05) is 72.8 Å². The summed E-state index contributed by atoms with van der Waals surface area (Å²) >= 11 is 0. The van der Waals surface area contributed by atoms with Gasteiger partial charge in [-0.15, -0.1) is 0 Å². The topological polar surface area (TPSA) is 93.7 Å². The summed E-state index contributed by atoms with van der Waals surface area (Å²) in [4.78, 5) is 37.9. The molecule has 2 N–H and O–H groups in total. The molecule has 2 amide bonds. The van der Waals surface area contributed by atoms with Gasteiger partial charge in [0.05, 0.1) is 7.11 Å². The average Bonchev–Trinajstić information content (AvgIpc) is 2.85. The first-order valence-corrected chi connectivity index (χ1v) is 11.2. The SMILES string of the molecule is COC(=O)[C@@H](Cc1cccc2ccccc12)NC(=O)[C@@H](NC(=O)OCc1ccccc1)C(C)C. The Labute approximate surface area is 199 Å². The summed E-state index contributed by atoms with van der Waals surface area (Å²) in [5, 5.41) is 7.41. The number of methoxy groups -OCH3 is 1. The van der Waals surface area contributed by atoms with Crippen molar-refractivity contribution in [3.8, 4) is 0 Å².